The third-order valence-corrected chi connectivity index (χ3v) is 3.44. The number of amides is 1. The first-order chi connectivity index (χ1) is 10.2. The summed E-state index contributed by atoms with van der Waals surface area (Å²) in [6.07, 6.45) is 4.84. The Kier molecular flexibility index (Phi) is 3.90. The molecule has 1 aliphatic carbocycles. The Hall–Kier alpha value is -2.30. The van der Waals surface area contributed by atoms with Crippen LogP contribution in [0.15, 0.2) is 34.9 Å². The summed E-state index contributed by atoms with van der Waals surface area (Å²) in [5, 5.41) is 2.95. The van der Waals surface area contributed by atoms with Crippen molar-refractivity contribution in [1.29, 1.82) is 0 Å². The van der Waals surface area contributed by atoms with Crippen LogP contribution in [0.1, 0.15) is 25.2 Å². The maximum absolute atomic E-state index is 11.6. The topological polar surface area (TPSA) is 64.4 Å². The highest BCUT2D eigenvalue weighted by Crippen LogP contribution is 2.23. The molecule has 1 aliphatic rings. The number of carbonyl (C=O) groups excluding carboxylic acids is 1. The Bertz CT molecular complexity index is 615. The molecule has 1 aromatic carbocycles. The first kappa shape index (κ1) is 13.7. The lowest BCUT2D eigenvalue weighted by atomic mass is 10.2. The molecule has 5 heteroatoms. The molecule has 0 spiro atoms. The van der Waals surface area contributed by atoms with Gasteiger partial charge in [0.05, 0.1) is 13.3 Å². The zero-order valence-corrected chi connectivity index (χ0v) is 12.0. The second-order valence-electron chi connectivity index (χ2n) is 5.19. The van der Waals surface area contributed by atoms with E-state index in [1.165, 1.54) is 0 Å². The summed E-state index contributed by atoms with van der Waals surface area (Å²) in [6, 6.07) is 7.99. The SMILES string of the molecule is COc1ccc(-c2cnc(CCC(=O)NC3CC3)o2)cc1. The van der Waals surface area contributed by atoms with E-state index < -0.39 is 0 Å². The minimum absolute atomic E-state index is 0.0710. The number of rotatable bonds is 6. The van der Waals surface area contributed by atoms with Crippen molar-refractivity contribution < 1.29 is 13.9 Å². The largest absolute Gasteiger partial charge is 0.497 e. The molecule has 5 nitrogen and oxygen atoms in total. The molecule has 1 fully saturated rings. The molecule has 0 aliphatic heterocycles. The molecule has 21 heavy (non-hydrogen) atoms. The van der Waals surface area contributed by atoms with Crippen LogP contribution in [0.5, 0.6) is 5.75 Å². The predicted octanol–water partition coefficient (Wildman–Crippen LogP) is 2.56. The van der Waals surface area contributed by atoms with E-state index in [0.717, 1.165) is 24.2 Å². The first-order valence-corrected chi connectivity index (χ1v) is 7.13. The summed E-state index contributed by atoms with van der Waals surface area (Å²) >= 11 is 0. The standard InChI is InChI=1S/C16H18N2O3/c1-20-13-6-2-11(3-7-13)14-10-17-16(21-14)9-8-15(19)18-12-4-5-12/h2-3,6-7,10,12H,4-5,8-9H2,1H3,(H,18,19). The Balaban J connectivity index is 1.58. The van der Waals surface area contributed by atoms with Gasteiger partial charge in [-0.1, -0.05) is 0 Å². The van der Waals surface area contributed by atoms with Crippen LogP contribution in [-0.2, 0) is 11.2 Å². The molecule has 0 unspecified atom stereocenters. The van der Waals surface area contributed by atoms with E-state index in [9.17, 15) is 4.79 Å². The van der Waals surface area contributed by atoms with Gasteiger partial charge >= 0.3 is 0 Å². The van der Waals surface area contributed by atoms with Gasteiger partial charge in [-0.25, -0.2) is 4.98 Å². The molecule has 2 aromatic rings. The Morgan fingerprint density at radius 1 is 1.38 bits per heavy atom. The summed E-state index contributed by atoms with van der Waals surface area (Å²) in [4.78, 5) is 15.8. The van der Waals surface area contributed by atoms with E-state index in [0.29, 0.717) is 30.5 Å². The second kappa shape index (κ2) is 5.99. The normalized spacial score (nSPS) is 14.0. The highest BCUT2D eigenvalue weighted by molar-refractivity contribution is 5.76. The number of hydrogen-bond acceptors (Lipinski definition) is 4. The van der Waals surface area contributed by atoms with Crippen molar-refractivity contribution in [2.75, 3.05) is 7.11 Å². The van der Waals surface area contributed by atoms with Gasteiger partial charge in [0, 0.05) is 24.4 Å². The van der Waals surface area contributed by atoms with Crippen LogP contribution in [0, 0.1) is 0 Å². The third-order valence-electron chi connectivity index (χ3n) is 3.44. The number of nitrogens with one attached hydrogen (secondary N) is 1. The average Bonchev–Trinajstić information content (AvgIpc) is 3.19. The van der Waals surface area contributed by atoms with Crippen molar-refractivity contribution in [2.45, 2.75) is 31.7 Å². The van der Waals surface area contributed by atoms with Crippen LogP contribution in [-0.4, -0.2) is 24.0 Å². The lowest BCUT2D eigenvalue weighted by Crippen LogP contribution is -2.25. The molecule has 0 radical (unpaired) electrons. The Labute approximate surface area is 123 Å². The van der Waals surface area contributed by atoms with Gasteiger partial charge in [-0.05, 0) is 37.1 Å². The smallest absolute Gasteiger partial charge is 0.220 e. The van der Waals surface area contributed by atoms with E-state index in [1.54, 1.807) is 13.3 Å². The van der Waals surface area contributed by atoms with Gasteiger partial charge in [0.1, 0.15) is 5.75 Å². The first-order valence-electron chi connectivity index (χ1n) is 7.13. The highest BCUT2D eigenvalue weighted by atomic mass is 16.5. The van der Waals surface area contributed by atoms with Crippen LogP contribution in [0.4, 0.5) is 0 Å². The van der Waals surface area contributed by atoms with Gasteiger partial charge in [0.25, 0.3) is 0 Å². The summed E-state index contributed by atoms with van der Waals surface area (Å²) < 4.78 is 10.8. The lowest BCUT2D eigenvalue weighted by molar-refractivity contribution is -0.121. The van der Waals surface area contributed by atoms with E-state index in [2.05, 4.69) is 10.3 Å². The fourth-order valence-corrected chi connectivity index (χ4v) is 2.06. The summed E-state index contributed by atoms with van der Waals surface area (Å²) in [5.41, 5.74) is 0.942. The second-order valence-corrected chi connectivity index (χ2v) is 5.19. The van der Waals surface area contributed by atoms with Crippen LogP contribution < -0.4 is 10.1 Å². The van der Waals surface area contributed by atoms with Crippen molar-refractivity contribution in [2.24, 2.45) is 0 Å². The van der Waals surface area contributed by atoms with Crippen molar-refractivity contribution in [3.8, 4) is 17.1 Å². The van der Waals surface area contributed by atoms with Gasteiger partial charge in [-0.15, -0.1) is 0 Å². The van der Waals surface area contributed by atoms with Crippen LogP contribution >= 0.6 is 0 Å². The maximum atomic E-state index is 11.6. The molecule has 110 valence electrons. The van der Waals surface area contributed by atoms with E-state index >= 15 is 0 Å². The zero-order valence-electron chi connectivity index (χ0n) is 12.0. The minimum Gasteiger partial charge on any atom is -0.497 e. The van der Waals surface area contributed by atoms with E-state index in [4.69, 9.17) is 9.15 Å². The number of oxazole rings is 1. The van der Waals surface area contributed by atoms with Crippen LogP contribution in [0.3, 0.4) is 0 Å². The number of benzene rings is 1. The summed E-state index contributed by atoms with van der Waals surface area (Å²) in [5.74, 6) is 2.17. The number of methoxy groups -OCH3 is 1. The minimum atomic E-state index is 0.0710. The van der Waals surface area contributed by atoms with Crippen LogP contribution in [0.2, 0.25) is 0 Å². The van der Waals surface area contributed by atoms with Gasteiger partial charge in [0.15, 0.2) is 11.7 Å². The number of aromatic nitrogens is 1. The van der Waals surface area contributed by atoms with Crippen molar-refractivity contribution >= 4 is 5.91 Å². The third kappa shape index (κ3) is 3.62. The van der Waals surface area contributed by atoms with Crippen molar-refractivity contribution in [3.63, 3.8) is 0 Å². The van der Waals surface area contributed by atoms with E-state index in [-0.39, 0.29) is 5.91 Å². The quantitative estimate of drug-likeness (QED) is 0.886. The van der Waals surface area contributed by atoms with Crippen molar-refractivity contribution in [3.05, 3.63) is 36.4 Å². The monoisotopic (exact) mass is 286 g/mol. The molecule has 0 bridgehead atoms. The molecule has 3 rings (SSSR count). The molecular formula is C16H18N2O3. The molecular weight excluding hydrogens is 268 g/mol. The molecule has 0 atom stereocenters. The Morgan fingerprint density at radius 2 is 2.14 bits per heavy atom. The molecule has 1 N–H and O–H groups in total. The Morgan fingerprint density at radius 3 is 2.81 bits per heavy atom. The number of ether oxygens (including phenoxy) is 1. The predicted molar refractivity (Wildman–Crippen MR) is 78.0 cm³/mol. The summed E-state index contributed by atoms with van der Waals surface area (Å²) in [6.45, 7) is 0. The fourth-order valence-electron chi connectivity index (χ4n) is 2.06. The number of aryl methyl sites for hydroxylation is 1. The lowest BCUT2D eigenvalue weighted by Gasteiger charge is -2.01. The van der Waals surface area contributed by atoms with Crippen LogP contribution in [0.25, 0.3) is 11.3 Å². The highest BCUT2D eigenvalue weighted by Gasteiger charge is 2.23. The molecule has 0 saturated heterocycles. The van der Waals surface area contributed by atoms with Gasteiger partial charge in [0.2, 0.25) is 5.91 Å². The number of hydrogen-bond donors (Lipinski definition) is 1. The van der Waals surface area contributed by atoms with Gasteiger partial charge in [-0.3, -0.25) is 4.79 Å². The van der Waals surface area contributed by atoms with Gasteiger partial charge in [-0.2, -0.15) is 0 Å². The molecule has 1 amide bonds. The number of nitrogens with zero attached hydrogens (tertiary/aromatic N) is 1. The fraction of sp³-hybridized carbons (Fsp3) is 0.375. The molecule has 1 saturated carbocycles. The zero-order chi connectivity index (χ0) is 14.7. The average molecular weight is 286 g/mol. The van der Waals surface area contributed by atoms with Gasteiger partial charge < -0.3 is 14.5 Å². The summed E-state index contributed by atoms with van der Waals surface area (Å²) in [7, 11) is 1.63. The number of carbonyl (C=O) groups is 1. The molecule has 1 heterocycles. The van der Waals surface area contributed by atoms with Crippen molar-refractivity contribution in [1.82, 2.24) is 10.3 Å². The maximum Gasteiger partial charge on any atom is 0.220 e. The molecule has 1 aromatic heterocycles. The van der Waals surface area contributed by atoms with E-state index in [1.807, 2.05) is 24.3 Å².